The fraction of sp³-hybridized carbons (Fsp3) is 0.333. The molecule has 5 heteroatoms. The molecule has 0 saturated heterocycles. The summed E-state index contributed by atoms with van der Waals surface area (Å²) in [7, 11) is 2.70. The second-order valence-electron chi connectivity index (χ2n) is 3.48. The normalized spacial score (nSPS) is 9.88. The Hall–Kier alpha value is -1.55. The zero-order valence-corrected chi connectivity index (χ0v) is 10.6. The predicted molar refractivity (Wildman–Crippen MR) is 63.7 cm³/mol. The zero-order chi connectivity index (χ0) is 13.0. The van der Waals surface area contributed by atoms with Gasteiger partial charge in [0.05, 0.1) is 19.8 Å². The summed E-state index contributed by atoms with van der Waals surface area (Å²) in [6.45, 7) is 1.78. The molecule has 0 saturated carbocycles. The van der Waals surface area contributed by atoms with Gasteiger partial charge in [-0.3, -0.25) is 9.59 Å². The van der Waals surface area contributed by atoms with Crippen molar-refractivity contribution in [3.8, 4) is 5.75 Å². The molecule has 0 aliphatic heterocycles. The summed E-state index contributed by atoms with van der Waals surface area (Å²) in [5.41, 5.74) is 1.04. The first-order valence-electron chi connectivity index (χ1n) is 4.93. The number of aryl methyl sites for hydroxylation is 1. The predicted octanol–water partition coefficient (Wildman–Crippen LogP) is 2.40. The number of Topliss-reactive ketones (excluding diaryl/α,β-unsaturated/α-hetero) is 1. The van der Waals surface area contributed by atoms with Crippen molar-refractivity contribution in [1.82, 2.24) is 0 Å². The second kappa shape index (κ2) is 5.68. The molecular formula is C12H13ClO4. The van der Waals surface area contributed by atoms with Crippen LogP contribution in [-0.4, -0.2) is 26.0 Å². The van der Waals surface area contributed by atoms with E-state index >= 15 is 0 Å². The van der Waals surface area contributed by atoms with Crippen molar-refractivity contribution >= 4 is 23.4 Å². The van der Waals surface area contributed by atoms with Gasteiger partial charge in [0.15, 0.2) is 5.78 Å². The lowest BCUT2D eigenvalue weighted by Gasteiger charge is -2.10. The van der Waals surface area contributed by atoms with Gasteiger partial charge in [-0.05, 0) is 24.6 Å². The van der Waals surface area contributed by atoms with Gasteiger partial charge in [-0.1, -0.05) is 11.6 Å². The minimum atomic E-state index is -0.588. The largest absolute Gasteiger partial charge is 0.496 e. The number of ketones is 1. The lowest BCUT2D eigenvalue weighted by Crippen LogP contribution is -2.11. The lowest BCUT2D eigenvalue weighted by atomic mass is 10.0. The topological polar surface area (TPSA) is 52.6 Å². The molecule has 0 fully saturated rings. The minimum Gasteiger partial charge on any atom is -0.496 e. The number of halogens is 1. The first-order valence-corrected chi connectivity index (χ1v) is 5.31. The second-order valence-corrected chi connectivity index (χ2v) is 3.92. The SMILES string of the molecule is COC(=O)CC(=O)c1cc(Cl)cc(C)c1OC. The summed E-state index contributed by atoms with van der Waals surface area (Å²) in [5, 5.41) is 0.427. The smallest absolute Gasteiger partial charge is 0.313 e. The monoisotopic (exact) mass is 256 g/mol. The molecule has 0 radical (unpaired) electrons. The van der Waals surface area contributed by atoms with Crippen LogP contribution in [0.25, 0.3) is 0 Å². The van der Waals surface area contributed by atoms with E-state index in [-0.39, 0.29) is 12.2 Å². The van der Waals surface area contributed by atoms with Gasteiger partial charge in [0.1, 0.15) is 12.2 Å². The third kappa shape index (κ3) is 3.20. The number of rotatable bonds is 4. The Balaban J connectivity index is 3.12. The summed E-state index contributed by atoms with van der Waals surface area (Å²) in [4.78, 5) is 22.9. The molecule has 0 aromatic heterocycles. The highest BCUT2D eigenvalue weighted by Gasteiger charge is 2.18. The average molecular weight is 257 g/mol. The van der Waals surface area contributed by atoms with E-state index in [1.807, 2.05) is 0 Å². The number of carbonyl (C=O) groups excluding carboxylic acids is 2. The summed E-state index contributed by atoms with van der Waals surface area (Å²) in [5.74, 6) is -0.530. The molecule has 1 rings (SSSR count). The van der Waals surface area contributed by atoms with Gasteiger partial charge >= 0.3 is 5.97 Å². The van der Waals surface area contributed by atoms with Crippen molar-refractivity contribution in [1.29, 1.82) is 0 Å². The van der Waals surface area contributed by atoms with Crippen LogP contribution in [0.15, 0.2) is 12.1 Å². The molecule has 92 valence electrons. The van der Waals surface area contributed by atoms with E-state index in [9.17, 15) is 9.59 Å². The molecule has 1 aromatic carbocycles. The van der Waals surface area contributed by atoms with E-state index in [1.54, 1.807) is 13.0 Å². The van der Waals surface area contributed by atoms with E-state index in [0.717, 1.165) is 5.56 Å². The van der Waals surface area contributed by atoms with E-state index in [0.29, 0.717) is 16.3 Å². The van der Waals surface area contributed by atoms with Crippen molar-refractivity contribution in [3.63, 3.8) is 0 Å². The lowest BCUT2D eigenvalue weighted by molar-refractivity contribution is -0.139. The molecule has 0 atom stereocenters. The number of ether oxygens (including phenoxy) is 2. The van der Waals surface area contributed by atoms with E-state index < -0.39 is 5.97 Å². The molecule has 4 nitrogen and oxygen atoms in total. The maximum atomic E-state index is 11.9. The number of hydrogen-bond acceptors (Lipinski definition) is 4. The molecular weight excluding hydrogens is 244 g/mol. The summed E-state index contributed by atoms with van der Waals surface area (Å²) in [6, 6.07) is 3.17. The van der Waals surface area contributed by atoms with Crippen LogP contribution in [0, 0.1) is 6.92 Å². The van der Waals surface area contributed by atoms with Crippen LogP contribution in [0.3, 0.4) is 0 Å². The molecule has 0 heterocycles. The van der Waals surface area contributed by atoms with Crippen LogP contribution >= 0.6 is 11.6 Å². The maximum Gasteiger partial charge on any atom is 0.313 e. The maximum absolute atomic E-state index is 11.9. The number of carbonyl (C=O) groups is 2. The molecule has 0 aliphatic carbocycles. The molecule has 17 heavy (non-hydrogen) atoms. The third-order valence-electron chi connectivity index (χ3n) is 2.28. The molecule has 0 bridgehead atoms. The van der Waals surface area contributed by atoms with E-state index in [2.05, 4.69) is 4.74 Å². The van der Waals surface area contributed by atoms with Crippen LogP contribution in [-0.2, 0) is 9.53 Å². The van der Waals surface area contributed by atoms with Crippen molar-refractivity contribution in [2.24, 2.45) is 0 Å². The van der Waals surface area contributed by atoms with Crippen molar-refractivity contribution in [2.45, 2.75) is 13.3 Å². The van der Waals surface area contributed by atoms with Crippen LogP contribution in [0.4, 0.5) is 0 Å². The Bertz CT molecular complexity index is 454. The number of benzene rings is 1. The van der Waals surface area contributed by atoms with Gasteiger partial charge in [0, 0.05) is 5.02 Å². The first-order chi connectivity index (χ1) is 7.99. The Morgan fingerprint density at radius 1 is 1.29 bits per heavy atom. The molecule has 0 amide bonds. The van der Waals surface area contributed by atoms with Crippen LogP contribution in [0.5, 0.6) is 5.75 Å². The van der Waals surface area contributed by atoms with Crippen LogP contribution in [0.1, 0.15) is 22.3 Å². The summed E-state index contributed by atoms with van der Waals surface area (Å²) in [6.07, 6.45) is -0.327. The molecule has 0 unspecified atom stereocenters. The van der Waals surface area contributed by atoms with Crippen LogP contribution < -0.4 is 4.74 Å². The first kappa shape index (κ1) is 13.5. The molecule has 0 aliphatic rings. The number of methoxy groups -OCH3 is 2. The highest BCUT2D eigenvalue weighted by Crippen LogP contribution is 2.28. The van der Waals surface area contributed by atoms with Gasteiger partial charge in [-0.2, -0.15) is 0 Å². The third-order valence-corrected chi connectivity index (χ3v) is 2.49. The van der Waals surface area contributed by atoms with E-state index in [4.69, 9.17) is 16.3 Å². The van der Waals surface area contributed by atoms with Crippen molar-refractivity contribution in [2.75, 3.05) is 14.2 Å². The average Bonchev–Trinajstić information content (AvgIpc) is 2.27. The highest BCUT2D eigenvalue weighted by molar-refractivity contribution is 6.31. The van der Waals surface area contributed by atoms with Crippen molar-refractivity contribution < 1.29 is 19.1 Å². The Morgan fingerprint density at radius 3 is 2.47 bits per heavy atom. The zero-order valence-electron chi connectivity index (χ0n) is 9.87. The van der Waals surface area contributed by atoms with Gasteiger partial charge in [-0.25, -0.2) is 0 Å². The Labute approximate surface area is 104 Å². The summed E-state index contributed by atoms with van der Waals surface area (Å²) >= 11 is 5.87. The Morgan fingerprint density at radius 2 is 1.94 bits per heavy atom. The number of esters is 1. The molecule has 0 N–H and O–H groups in total. The Kier molecular flexibility index (Phi) is 4.52. The fourth-order valence-electron chi connectivity index (χ4n) is 1.51. The van der Waals surface area contributed by atoms with E-state index in [1.165, 1.54) is 20.3 Å². The summed E-state index contributed by atoms with van der Waals surface area (Å²) < 4.78 is 9.58. The van der Waals surface area contributed by atoms with Crippen molar-refractivity contribution in [3.05, 3.63) is 28.3 Å². The standard InChI is InChI=1S/C12H13ClO4/c1-7-4-8(13)5-9(12(7)17-3)10(14)6-11(15)16-2/h4-5H,6H2,1-3H3. The van der Waals surface area contributed by atoms with Crippen LogP contribution in [0.2, 0.25) is 5.02 Å². The minimum absolute atomic E-state index is 0.294. The van der Waals surface area contributed by atoms with Gasteiger partial charge in [0.2, 0.25) is 0 Å². The quantitative estimate of drug-likeness (QED) is 0.472. The number of hydrogen-bond donors (Lipinski definition) is 0. The van der Waals surface area contributed by atoms with Gasteiger partial charge in [0.25, 0.3) is 0 Å². The van der Waals surface area contributed by atoms with Gasteiger partial charge in [-0.15, -0.1) is 0 Å². The fourth-order valence-corrected chi connectivity index (χ4v) is 1.78. The molecule has 0 spiro atoms. The molecule has 1 aromatic rings. The highest BCUT2D eigenvalue weighted by atomic mass is 35.5. The van der Waals surface area contributed by atoms with Gasteiger partial charge < -0.3 is 9.47 Å².